The molecule has 0 unspecified atom stereocenters. The maximum absolute atomic E-state index is 13.6. The molecule has 0 spiro atoms. The molecule has 116 valence electrons. The van der Waals surface area contributed by atoms with Crippen molar-refractivity contribution in [3.8, 4) is 5.75 Å². The fourth-order valence-electron chi connectivity index (χ4n) is 2.49. The van der Waals surface area contributed by atoms with Crippen LogP contribution in [0.2, 0.25) is 0 Å². The van der Waals surface area contributed by atoms with Crippen molar-refractivity contribution in [2.24, 2.45) is 0 Å². The van der Waals surface area contributed by atoms with Gasteiger partial charge in [-0.25, -0.2) is 13.9 Å². The molecule has 4 rings (SSSR count). The third kappa shape index (κ3) is 2.36. The molecule has 0 saturated heterocycles. The summed E-state index contributed by atoms with van der Waals surface area (Å²) in [6, 6.07) is 12.3. The van der Waals surface area contributed by atoms with Crippen LogP contribution in [0.5, 0.6) is 5.75 Å². The van der Waals surface area contributed by atoms with Gasteiger partial charge in [0.25, 0.3) is 5.78 Å². The van der Waals surface area contributed by atoms with E-state index in [1.165, 1.54) is 6.07 Å². The topological polar surface area (TPSA) is 67.2 Å². The Kier molecular flexibility index (Phi) is 3.11. The molecule has 0 fully saturated rings. The summed E-state index contributed by atoms with van der Waals surface area (Å²) in [6.07, 6.45) is 0. The highest BCUT2D eigenvalue weighted by Gasteiger charge is 2.10. The lowest BCUT2D eigenvalue weighted by Crippen LogP contribution is -2.03. The molecule has 0 saturated carbocycles. The first-order valence-corrected chi connectivity index (χ1v) is 7.14. The number of aromatic amines is 1. The lowest BCUT2D eigenvalue weighted by Gasteiger charge is -2.03. The van der Waals surface area contributed by atoms with Gasteiger partial charge in [0.1, 0.15) is 11.6 Å². The molecular weight excluding hydrogens is 297 g/mol. The van der Waals surface area contributed by atoms with Crippen LogP contribution in [-0.4, -0.2) is 26.7 Å². The molecule has 4 aromatic rings. The number of hydrogen-bond donors (Lipinski definition) is 2. The van der Waals surface area contributed by atoms with Crippen LogP contribution < -0.4 is 10.1 Å². The number of nitrogens with zero attached hydrogens (tertiary/aromatic N) is 3. The van der Waals surface area contributed by atoms with Crippen LogP contribution in [0.3, 0.4) is 0 Å². The first-order valence-electron chi connectivity index (χ1n) is 7.14. The standard InChI is InChI=1S/C16H14FN5O/c1-23-11-6-7-14-13(8-11)19-16-20-15(21-22(14)16)18-9-10-4-2-3-5-12(10)17/h2-8H,9H2,1H3,(H2,18,19,20,21). The molecule has 0 aliphatic heterocycles. The van der Waals surface area contributed by atoms with Gasteiger partial charge < -0.3 is 10.1 Å². The molecule has 0 bridgehead atoms. The van der Waals surface area contributed by atoms with Gasteiger partial charge in [-0.05, 0) is 18.2 Å². The molecular formula is C16H14FN5O. The molecule has 0 amide bonds. The minimum absolute atomic E-state index is 0.242. The second-order valence-electron chi connectivity index (χ2n) is 5.12. The number of anilines is 1. The Morgan fingerprint density at radius 3 is 2.91 bits per heavy atom. The Labute approximate surface area is 130 Å². The smallest absolute Gasteiger partial charge is 0.253 e. The third-order valence-electron chi connectivity index (χ3n) is 3.68. The normalized spacial score (nSPS) is 11.2. The maximum Gasteiger partial charge on any atom is 0.253 e. The molecule has 6 nitrogen and oxygen atoms in total. The van der Waals surface area contributed by atoms with E-state index < -0.39 is 0 Å². The number of nitrogens with one attached hydrogen (secondary N) is 2. The highest BCUT2D eigenvalue weighted by Crippen LogP contribution is 2.21. The molecule has 0 aliphatic rings. The van der Waals surface area contributed by atoms with Gasteiger partial charge in [-0.2, -0.15) is 4.98 Å². The number of imidazole rings is 1. The number of halogens is 1. The van der Waals surface area contributed by atoms with Gasteiger partial charge in [0.2, 0.25) is 5.95 Å². The second kappa shape index (κ2) is 5.28. The van der Waals surface area contributed by atoms with Crippen molar-refractivity contribution >= 4 is 22.8 Å². The van der Waals surface area contributed by atoms with E-state index in [4.69, 9.17) is 4.74 Å². The fourth-order valence-corrected chi connectivity index (χ4v) is 2.49. The highest BCUT2D eigenvalue weighted by molar-refractivity contribution is 5.80. The molecule has 0 radical (unpaired) electrons. The lowest BCUT2D eigenvalue weighted by molar-refractivity contribution is 0.415. The number of ether oxygens (including phenoxy) is 1. The van der Waals surface area contributed by atoms with Crippen molar-refractivity contribution in [2.45, 2.75) is 6.54 Å². The monoisotopic (exact) mass is 311 g/mol. The van der Waals surface area contributed by atoms with E-state index in [0.717, 1.165) is 16.8 Å². The van der Waals surface area contributed by atoms with E-state index in [2.05, 4.69) is 20.4 Å². The highest BCUT2D eigenvalue weighted by atomic mass is 19.1. The Hall–Kier alpha value is -3.09. The van der Waals surface area contributed by atoms with E-state index in [1.54, 1.807) is 29.8 Å². The average Bonchev–Trinajstić information content (AvgIpc) is 3.10. The Bertz CT molecular complexity index is 991. The van der Waals surface area contributed by atoms with E-state index >= 15 is 0 Å². The van der Waals surface area contributed by atoms with Crippen LogP contribution in [0.4, 0.5) is 10.3 Å². The summed E-state index contributed by atoms with van der Waals surface area (Å²) in [7, 11) is 1.62. The van der Waals surface area contributed by atoms with Crippen molar-refractivity contribution in [3.05, 3.63) is 53.8 Å². The second-order valence-corrected chi connectivity index (χ2v) is 5.12. The van der Waals surface area contributed by atoms with Gasteiger partial charge in [-0.15, -0.1) is 0 Å². The Balaban J connectivity index is 1.63. The van der Waals surface area contributed by atoms with Gasteiger partial charge in [0.15, 0.2) is 0 Å². The zero-order valence-electron chi connectivity index (χ0n) is 12.4. The summed E-state index contributed by atoms with van der Waals surface area (Å²) in [4.78, 5) is 8.82. The molecule has 23 heavy (non-hydrogen) atoms. The number of H-pyrrole nitrogens is 1. The van der Waals surface area contributed by atoms with Crippen LogP contribution in [0.1, 0.15) is 5.56 Å². The summed E-state index contributed by atoms with van der Waals surface area (Å²) in [5.74, 6) is 1.59. The number of rotatable bonds is 4. The summed E-state index contributed by atoms with van der Waals surface area (Å²) < 4.78 is 20.6. The number of hydrogen-bond acceptors (Lipinski definition) is 4. The van der Waals surface area contributed by atoms with Gasteiger partial charge in [0.05, 0.1) is 18.1 Å². The molecule has 7 heteroatoms. The molecule has 2 N–H and O–H groups in total. The minimum atomic E-state index is -0.242. The quantitative estimate of drug-likeness (QED) is 0.608. The van der Waals surface area contributed by atoms with Gasteiger partial charge in [0, 0.05) is 18.2 Å². The van der Waals surface area contributed by atoms with Crippen molar-refractivity contribution in [2.75, 3.05) is 12.4 Å². The summed E-state index contributed by atoms with van der Waals surface area (Å²) in [5, 5.41) is 6.19. The Morgan fingerprint density at radius 2 is 2.09 bits per heavy atom. The fraction of sp³-hybridized carbons (Fsp3) is 0.125. The number of aromatic nitrogens is 4. The number of benzene rings is 2. The largest absolute Gasteiger partial charge is 0.497 e. The van der Waals surface area contributed by atoms with Crippen molar-refractivity contribution in [3.63, 3.8) is 0 Å². The van der Waals surface area contributed by atoms with E-state index in [9.17, 15) is 4.39 Å². The zero-order valence-corrected chi connectivity index (χ0v) is 12.4. The lowest BCUT2D eigenvalue weighted by atomic mass is 10.2. The summed E-state index contributed by atoms with van der Waals surface area (Å²) in [6.45, 7) is 0.342. The van der Waals surface area contributed by atoms with Crippen LogP contribution in [0.25, 0.3) is 16.8 Å². The predicted molar refractivity (Wildman–Crippen MR) is 85.1 cm³/mol. The number of fused-ring (bicyclic) bond motifs is 3. The van der Waals surface area contributed by atoms with Crippen LogP contribution in [0.15, 0.2) is 42.5 Å². The van der Waals surface area contributed by atoms with Crippen LogP contribution in [0, 0.1) is 5.82 Å². The van der Waals surface area contributed by atoms with Gasteiger partial charge in [-0.1, -0.05) is 18.2 Å². The molecule has 2 aromatic carbocycles. The third-order valence-corrected chi connectivity index (χ3v) is 3.68. The van der Waals surface area contributed by atoms with Gasteiger partial charge >= 0.3 is 0 Å². The summed E-state index contributed by atoms with van der Waals surface area (Å²) in [5.41, 5.74) is 2.27. The first kappa shape index (κ1) is 13.6. The average molecular weight is 311 g/mol. The number of methoxy groups -OCH3 is 1. The molecule has 2 aromatic heterocycles. The molecule has 2 heterocycles. The van der Waals surface area contributed by atoms with Crippen molar-refractivity contribution in [1.29, 1.82) is 0 Å². The minimum Gasteiger partial charge on any atom is -0.497 e. The van der Waals surface area contributed by atoms with E-state index in [1.807, 2.05) is 18.2 Å². The van der Waals surface area contributed by atoms with Gasteiger partial charge in [-0.3, -0.25) is 5.10 Å². The van der Waals surface area contributed by atoms with Crippen LogP contribution in [-0.2, 0) is 6.54 Å². The van der Waals surface area contributed by atoms with Crippen LogP contribution >= 0.6 is 0 Å². The molecule has 0 atom stereocenters. The van der Waals surface area contributed by atoms with Crippen molar-refractivity contribution < 1.29 is 9.13 Å². The summed E-state index contributed by atoms with van der Waals surface area (Å²) >= 11 is 0. The van der Waals surface area contributed by atoms with Crippen molar-refractivity contribution in [1.82, 2.24) is 19.6 Å². The zero-order chi connectivity index (χ0) is 15.8. The predicted octanol–water partition coefficient (Wildman–Crippen LogP) is 2.97. The first-order chi connectivity index (χ1) is 11.2. The van der Waals surface area contributed by atoms with E-state index in [0.29, 0.717) is 23.8 Å². The maximum atomic E-state index is 13.6. The SMILES string of the molecule is COc1ccc2c(c1)nc1nc(NCc3ccccc3F)[nH]n12. The van der Waals surface area contributed by atoms with E-state index in [-0.39, 0.29) is 5.82 Å². The Morgan fingerprint density at radius 1 is 1.22 bits per heavy atom. The molecule has 0 aliphatic carbocycles.